The van der Waals surface area contributed by atoms with Crippen LogP contribution in [0.15, 0.2) is 60.3 Å². The van der Waals surface area contributed by atoms with Crippen LogP contribution < -0.4 is 4.74 Å². The van der Waals surface area contributed by atoms with Crippen LogP contribution in [0, 0.1) is 0 Å². The molecule has 0 unspecified atom stereocenters. The summed E-state index contributed by atoms with van der Waals surface area (Å²) in [4.78, 5) is 16.2. The Hall–Kier alpha value is -1.72. The van der Waals surface area contributed by atoms with Crippen LogP contribution in [0.2, 0.25) is 0 Å². The predicted molar refractivity (Wildman–Crippen MR) is 92.8 cm³/mol. The van der Waals surface area contributed by atoms with E-state index < -0.39 is 0 Å². The summed E-state index contributed by atoms with van der Waals surface area (Å²) in [5.74, 6) is 1.49. The third-order valence-corrected chi connectivity index (χ3v) is 4.46. The molecule has 1 aromatic rings. The van der Waals surface area contributed by atoms with Gasteiger partial charge >= 0.3 is 0 Å². The van der Waals surface area contributed by atoms with E-state index in [1.165, 1.54) is 11.8 Å². The molecule has 1 aromatic carbocycles. The van der Waals surface area contributed by atoms with Crippen molar-refractivity contribution in [3.05, 3.63) is 60.8 Å². The SMILES string of the molecule is C=CCOc1cccc(/C=C2\N=C(SCC=C)SC2=O)c1. The quantitative estimate of drug-likeness (QED) is 0.584. The first-order chi connectivity index (χ1) is 10.2. The first kappa shape index (κ1) is 15.7. The molecule has 0 fully saturated rings. The van der Waals surface area contributed by atoms with Crippen molar-refractivity contribution in [3.63, 3.8) is 0 Å². The number of thioether (sulfide) groups is 2. The molecule has 2 rings (SSSR count). The molecule has 3 nitrogen and oxygen atoms in total. The number of rotatable bonds is 6. The number of hydrogen-bond donors (Lipinski definition) is 0. The van der Waals surface area contributed by atoms with Crippen molar-refractivity contribution in [2.24, 2.45) is 4.99 Å². The minimum absolute atomic E-state index is 0.0287. The number of carbonyl (C=O) groups excluding carboxylic acids is 1. The summed E-state index contributed by atoms with van der Waals surface area (Å²) in [5.41, 5.74) is 1.35. The van der Waals surface area contributed by atoms with Gasteiger partial charge in [-0.3, -0.25) is 4.79 Å². The summed E-state index contributed by atoms with van der Waals surface area (Å²) in [6.45, 7) is 7.72. The van der Waals surface area contributed by atoms with Gasteiger partial charge < -0.3 is 4.74 Å². The van der Waals surface area contributed by atoms with E-state index in [2.05, 4.69) is 18.2 Å². The minimum atomic E-state index is -0.0287. The fraction of sp³-hybridized carbons (Fsp3) is 0.125. The van der Waals surface area contributed by atoms with Gasteiger partial charge in [-0.25, -0.2) is 4.99 Å². The van der Waals surface area contributed by atoms with Crippen LogP contribution in [0.4, 0.5) is 0 Å². The predicted octanol–water partition coefficient (Wildman–Crippen LogP) is 4.14. The Morgan fingerprint density at radius 3 is 2.95 bits per heavy atom. The van der Waals surface area contributed by atoms with Crippen LogP contribution in [-0.2, 0) is 4.79 Å². The summed E-state index contributed by atoms with van der Waals surface area (Å²) in [6, 6.07) is 7.54. The highest BCUT2D eigenvalue weighted by atomic mass is 32.2. The molecule has 108 valence electrons. The lowest BCUT2D eigenvalue weighted by molar-refractivity contribution is -0.107. The van der Waals surface area contributed by atoms with Gasteiger partial charge in [-0.2, -0.15) is 0 Å². The second kappa shape index (κ2) is 7.90. The Labute approximate surface area is 132 Å². The summed E-state index contributed by atoms with van der Waals surface area (Å²) < 4.78 is 6.24. The van der Waals surface area contributed by atoms with E-state index in [0.29, 0.717) is 12.3 Å². The zero-order chi connectivity index (χ0) is 15.1. The largest absolute Gasteiger partial charge is 0.490 e. The fourth-order valence-electron chi connectivity index (χ4n) is 1.59. The van der Waals surface area contributed by atoms with Gasteiger partial charge in [0.25, 0.3) is 0 Å². The van der Waals surface area contributed by atoms with Crippen LogP contribution in [0.25, 0.3) is 6.08 Å². The number of ether oxygens (including phenoxy) is 1. The minimum Gasteiger partial charge on any atom is -0.490 e. The number of hydrogen-bond acceptors (Lipinski definition) is 5. The third-order valence-electron chi connectivity index (χ3n) is 2.45. The Morgan fingerprint density at radius 1 is 1.33 bits per heavy atom. The molecule has 1 aliphatic rings. The first-order valence-corrected chi connectivity index (χ1v) is 8.13. The highest BCUT2D eigenvalue weighted by Gasteiger charge is 2.21. The number of carbonyl (C=O) groups is 1. The standard InChI is InChI=1S/C16H15NO2S2/c1-3-8-19-13-7-5-6-12(10-13)11-14-15(18)21-16(17-14)20-9-4-2/h3-7,10-11H,1-2,8-9H2/b14-11-. The van der Waals surface area contributed by atoms with E-state index in [1.807, 2.05) is 24.3 Å². The Bertz CT molecular complexity index is 620. The smallest absolute Gasteiger partial charge is 0.244 e. The van der Waals surface area contributed by atoms with Crippen molar-refractivity contribution in [3.8, 4) is 5.75 Å². The lowest BCUT2D eigenvalue weighted by Crippen LogP contribution is -1.93. The molecule has 0 N–H and O–H groups in total. The Kier molecular flexibility index (Phi) is 5.90. The number of benzene rings is 1. The van der Waals surface area contributed by atoms with E-state index in [1.54, 1.807) is 18.2 Å². The molecule has 0 bridgehead atoms. The molecule has 0 saturated heterocycles. The zero-order valence-corrected chi connectivity index (χ0v) is 13.1. The van der Waals surface area contributed by atoms with Crippen LogP contribution >= 0.6 is 23.5 Å². The van der Waals surface area contributed by atoms with Crippen molar-refractivity contribution in [2.75, 3.05) is 12.4 Å². The maximum atomic E-state index is 11.9. The van der Waals surface area contributed by atoms with Crippen molar-refractivity contribution < 1.29 is 9.53 Å². The highest BCUT2D eigenvalue weighted by molar-refractivity contribution is 8.45. The van der Waals surface area contributed by atoms with Crippen LogP contribution in [-0.4, -0.2) is 21.9 Å². The lowest BCUT2D eigenvalue weighted by Gasteiger charge is -2.03. The van der Waals surface area contributed by atoms with Crippen molar-refractivity contribution >= 4 is 39.1 Å². The zero-order valence-electron chi connectivity index (χ0n) is 11.5. The van der Waals surface area contributed by atoms with Crippen molar-refractivity contribution in [2.45, 2.75) is 0 Å². The topological polar surface area (TPSA) is 38.7 Å². The molecule has 0 amide bonds. The molecule has 21 heavy (non-hydrogen) atoms. The van der Waals surface area contributed by atoms with E-state index in [0.717, 1.165) is 33.2 Å². The molecule has 5 heteroatoms. The van der Waals surface area contributed by atoms with Crippen molar-refractivity contribution in [1.29, 1.82) is 0 Å². The van der Waals surface area contributed by atoms with Crippen molar-refractivity contribution in [1.82, 2.24) is 0 Å². The molecule has 0 aliphatic carbocycles. The first-order valence-electron chi connectivity index (χ1n) is 6.33. The lowest BCUT2D eigenvalue weighted by atomic mass is 10.2. The molecule has 0 aromatic heterocycles. The molecule has 0 saturated carbocycles. The van der Waals surface area contributed by atoms with Gasteiger partial charge in [-0.15, -0.1) is 6.58 Å². The average molecular weight is 317 g/mol. The summed E-state index contributed by atoms with van der Waals surface area (Å²) in [7, 11) is 0. The summed E-state index contributed by atoms with van der Waals surface area (Å²) >= 11 is 2.68. The molecule has 0 spiro atoms. The van der Waals surface area contributed by atoms with Gasteiger partial charge in [0.2, 0.25) is 5.12 Å². The van der Waals surface area contributed by atoms with Gasteiger partial charge in [0.15, 0.2) is 0 Å². The monoisotopic (exact) mass is 317 g/mol. The molecular weight excluding hydrogens is 302 g/mol. The fourth-order valence-corrected chi connectivity index (χ4v) is 3.19. The summed E-state index contributed by atoms with van der Waals surface area (Å²) in [5, 5.41) is -0.0287. The molecule has 0 radical (unpaired) electrons. The molecular formula is C16H15NO2S2. The van der Waals surface area contributed by atoms with Crippen LogP contribution in [0.5, 0.6) is 5.75 Å². The second-order valence-corrected chi connectivity index (χ2v) is 6.30. The van der Waals surface area contributed by atoms with E-state index in [4.69, 9.17) is 4.74 Å². The Balaban J connectivity index is 2.14. The van der Waals surface area contributed by atoms with Gasteiger partial charge in [-0.1, -0.05) is 42.6 Å². The normalized spacial score (nSPS) is 15.9. The van der Waals surface area contributed by atoms with Gasteiger partial charge in [0.1, 0.15) is 22.4 Å². The number of aliphatic imine (C=N–C) groups is 1. The Morgan fingerprint density at radius 2 is 2.19 bits per heavy atom. The second-order valence-electron chi connectivity index (χ2n) is 4.07. The molecule has 1 heterocycles. The van der Waals surface area contributed by atoms with Gasteiger partial charge in [0.05, 0.1) is 0 Å². The van der Waals surface area contributed by atoms with Crippen LogP contribution in [0.1, 0.15) is 5.56 Å². The molecule has 0 atom stereocenters. The van der Waals surface area contributed by atoms with E-state index >= 15 is 0 Å². The van der Waals surface area contributed by atoms with Gasteiger partial charge in [-0.05, 0) is 35.5 Å². The molecule has 1 aliphatic heterocycles. The average Bonchev–Trinajstić information content (AvgIpc) is 2.83. The van der Waals surface area contributed by atoms with Gasteiger partial charge in [0, 0.05) is 5.75 Å². The van der Waals surface area contributed by atoms with Crippen LogP contribution in [0.3, 0.4) is 0 Å². The summed E-state index contributed by atoms with van der Waals surface area (Å²) in [6.07, 6.45) is 5.26. The number of nitrogens with zero attached hydrogens (tertiary/aromatic N) is 1. The maximum absolute atomic E-state index is 11.9. The highest BCUT2D eigenvalue weighted by Crippen LogP contribution is 2.31. The third kappa shape index (κ3) is 4.65. The maximum Gasteiger partial charge on any atom is 0.244 e. The van der Waals surface area contributed by atoms with E-state index in [9.17, 15) is 4.79 Å². The van der Waals surface area contributed by atoms with E-state index in [-0.39, 0.29) is 5.12 Å².